The lowest BCUT2D eigenvalue weighted by molar-refractivity contribution is 0.00578. The van der Waals surface area contributed by atoms with Crippen LogP contribution in [-0.2, 0) is 9.31 Å². The fraction of sp³-hybridized carbons (Fsp3) is 0.500. The number of allylic oxidation sites excluding steroid dienone is 8. The fourth-order valence-electron chi connectivity index (χ4n) is 2.63. The van der Waals surface area contributed by atoms with Crippen molar-refractivity contribution >= 4 is 7.12 Å². The molecule has 0 N–H and O–H groups in total. The number of fused-ring (bicyclic) bond motifs is 1. The highest BCUT2D eigenvalue weighted by Crippen LogP contribution is 2.40. The van der Waals surface area contributed by atoms with Crippen molar-refractivity contribution in [1.82, 2.24) is 0 Å². The van der Waals surface area contributed by atoms with Gasteiger partial charge in [-0.2, -0.15) is 0 Å². The lowest BCUT2D eigenvalue weighted by Crippen LogP contribution is -2.41. The molecule has 0 amide bonds. The quantitative estimate of drug-likeness (QED) is 0.667. The van der Waals surface area contributed by atoms with Crippen molar-refractivity contribution in [2.24, 2.45) is 5.92 Å². The smallest absolute Gasteiger partial charge is 0.399 e. The molecule has 1 fully saturated rings. The lowest BCUT2D eigenvalue weighted by Gasteiger charge is -2.32. The first-order valence-electron chi connectivity index (χ1n) is 7.01. The van der Waals surface area contributed by atoms with Crippen LogP contribution in [0.5, 0.6) is 0 Å². The minimum absolute atomic E-state index is 0.238. The lowest BCUT2D eigenvalue weighted by atomic mass is 9.71. The monoisotopic (exact) mass is 256 g/mol. The maximum Gasteiger partial charge on any atom is 0.494 e. The van der Waals surface area contributed by atoms with Gasteiger partial charge in [0, 0.05) is 5.92 Å². The van der Waals surface area contributed by atoms with Gasteiger partial charge in [0.2, 0.25) is 0 Å². The van der Waals surface area contributed by atoms with Crippen LogP contribution in [0, 0.1) is 5.92 Å². The summed E-state index contributed by atoms with van der Waals surface area (Å²) in [5.74, 6) is 0.524. The van der Waals surface area contributed by atoms with Crippen molar-refractivity contribution in [2.45, 2.75) is 45.3 Å². The average Bonchev–Trinajstić information content (AvgIpc) is 2.58. The molecule has 0 spiro atoms. The molecule has 1 saturated heterocycles. The van der Waals surface area contributed by atoms with E-state index >= 15 is 0 Å². The van der Waals surface area contributed by atoms with E-state index in [1.54, 1.807) is 0 Å². The van der Waals surface area contributed by atoms with Crippen molar-refractivity contribution in [3.63, 3.8) is 0 Å². The maximum atomic E-state index is 6.11. The Morgan fingerprint density at radius 1 is 1.11 bits per heavy atom. The highest BCUT2D eigenvalue weighted by molar-refractivity contribution is 6.55. The second-order valence-corrected chi connectivity index (χ2v) is 6.52. The van der Waals surface area contributed by atoms with E-state index in [1.807, 2.05) is 0 Å². The van der Waals surface area contributed by atoms with Gasteiger partial charge < -0.3 is 9.31 Å². The van der Waals surface area contributed by atoms with Gasteiger partial charge in [-0.15, -0.1) is 0 Å². The predicted molar refractivity (Wildman–Crippen MR) is 78.6 cm³/mol. The summed E-state index contributed by atoms with van der Waals surface area (Å²) in [6, 6.07) is 0. The molecular formula is C16H21BO2. The third kappa shape index (κ3) is 2.15. The van der Waals surface area contributed by atoms with Gasteiger partial charge in [0.05, 0.1) is 11.2 Å². The van der Waals surface area contributed by atoms with Gasteiger partial charge in [-0.1, -0.05) is 36.5 Å². The van der Waals surface area contributed by atoms with E-state index in [4.69, 9.17) is 9.31 Å². The summed E-state index contributed by atoms with van der Waals surface area (Å²) in [5, 5.41) is 0. The first-order valence-corrected chi connectivity index (χ1v) is 7.01. The van der Waals surface area contributed by atoms with Crippen LogP contribution in [-0.4, -0.2) is 18.3 Å². The predicted octanol–water partition coefficient (Wildman–Crippen LogP) is 3.62. The molecule has 3 heteroatoms. The molecular weight excluding hydrogens is 235 g/mol. The molecule has 0 aromatic heterocycles. The second kappa shape index (κ2) is 4.22. The average molecular weight is 256 g/mol. The van der Waals surface area contributed by atoms with Crippen LogP contribution in [0.3, 0.4) is 0 Å². The molecule has 2 nitrogen and oxygen atoms in total. The van der Waals surface area contributed by atoms with Crippen LogP contribution in [0.25, 0.3) is 0 Å². The van der Waals surface area contributed by atoms with Crippen molar-refractivity contribution in [1.29, 1.82) is 0 Å². The molecule has 2 aliphatic carbocycles. The van der Waals surface area contributed by atoms with Crippen LogP contribution in [0.15, 0.2) is 47.5 Å². The standard InChI is InChI=1S/C16H21BO2/c1-15(2)16(3,4)19-17(18-15)14-10-9-12-7-5-6-8-13(12)11-14/h5-8,10-12H,9H2,1-4H3. The highest BCUT2D eigenvalue weighted by atomic mass is 16.7. The largest absolute Gasteiger partial charge is 0.494 e. The molecule has 0 aromatic carbocycles. The molecule has 1 heterocycles. The van der Waals surface area contributed by atoms with Gasteiger partial charge in [0.1, 0.15) is 0 Å². The Hall–Kier alpha value is -1.06. The van der Waals surface area contributed by atoms with Gasteiger partial charge in [-0.05, 0) is 45.2 Å². The Morgan fingerprint density at radius 3 is 2.47 bits per heavy atom. The molecule has 0 bridgehead atoms. The van der Waals surface area contributed by atoms with E-state index in [0.29, 0.717) is 5.92 Å². The van der Waals surface area contributed by atoms with E-state index in [2.05, 4.69) is 64.2 Å². The normalized spacial score (nSPS) is 30.9. The second-order valence-electron chi connectivity index (χ2n) is 6.52. The Bertz CT molecular complexity index is 493. The molecule has 1 atom stereocenters. The molecule has 1 unspecified atom stereocenters. The summed E-state index contributed by atoms with van der Waals surface area (Å²) in [5.41, 5.74) is 1.98. The summed E-state index contributed by atoms with van der Waals surface area (Å²) in [6.07, 6.45) is 14.2. The zero-order valence-corrected chi connectivity index (χ0v) is 12.1. The van der Waals surface area contributed by atoms with Crippen molar-refractivity contribution < 1.29 is 9.31 Å². The Kier molecular flexibility index (Phi) is 2.88. The topological polar surface area (TPSA) is 18.5 Å². The molecule has 0 saturated carbocycles. The summed E-state index contributed by atoms with van der Waals surface area (Å²) < 4.78 is 12.2. The minimum atomic E-state index is -0.268. The Labute approximate surface area is 116 Å². The molecule has 100 valence electrons. The van der Waals surface area contributed by atoms with E-state index in [-0.39, 0.29) is 18.3 Å². The molecule has 3 aliphatic rings. The van der Waals surface area contributed by atoms with Crippen molar-refractivity contribution in [3.8, 4) is 0 Å². The van der Waals surface area contributed by atoms with Gasteiger partial charge in [-0.25, -0.2) is 0 Å². The van der Waals surface area contributed by atoms with E-state index in [9.17, 15) is 0 Å². The van der Waals surface area contributed by atoms with Crippen LogP contribution in [0.2, 0.25) is 0 Å². The zero-order valence-electron chi connectivity index (χ0n) is 12.1. The third-order valence-corrected chi connectivity index (χ3v) is 4.64. The third-order valence-electron chi connectivity index (χ3n) is 4.64. The van der Waals surface area contributed by atoms with E-state index in [1.165, 1.54) is 5.57 Å². The summed E-state index contributed by atoms with van der Waals surface area (Å²) in [6.45, 7) is 8.37. The van der Waals surface area contributed by atoms with E-state index in [0.717, 1.165) is 11.9 Å². The van der Waals surface area contributed by atoms with Crippen LogP contribution in [0.1, 0.15) is 34.1 Å². The van der Waals surface area contributed by atoms with Crippen LogP contribution in [0.4, 0.5) is 0 Å². The summed E-state index contributed by atoms with van der Waals surface area (Å²) in [7, 11) is -0.238. The minimum Gasteiger partial charge on any atom is -0.399 e. The van der Waals surface area contributed by atoms with E-state index < -0.39 is 0 Å². The van der Waals surface area contributed by atoms with Gasteiger partial charge >= 0.3 is 7.12 Å². The first-order chi connectivity index (χ1) is 8.89. The first kappa shape index (κ1) is 13.0. The maximum absolute atomic E-state index is 6.11. The van der Waals surface area contributed by atoms with Crippen molar-refractivity contribution in [2.75, 3.05) is 0 Å². The van der Waals surface area contributed by atoms with Gasteiger partial charge in [-0.3, -0.25) is 0 Å². The highest BCUT2D eigenvalue weighted by Gasteiger charge is 2.52. The number of hydrogen-bond acceptors (Lipinski definition) is 2. The number of rotatable bonds is 1. The van der Waals surface area contributed by atoms with Crippen LogP contribution >= 0.6 is 0 Å². The zero-order chi connectivity index (χ0) is 13.7. The molecule has 1 aliphatic heterocycles. The van der Waals surface area contributed by atoms with Crippen LogP contribution < -0.4 is 0 Å². The van der Waals surface area contributed by atoms with Gasteiger partial charge in [0.15, 0.2) is 0 Å². The molecule has 0 radical (unpaired) electrons. The Morgan fingerprint density at radius 2 is 1.79 bits per heavy atom. The molecule has 3 rings (SSSR count). The summed E-state index contributed by atoms with van der Waals surface area (Å²) in [4.78, 5) is 0. The summed E-state index contributed by atoms with van der Waals surface area (Å²) >= 11 is 0. The molecule has 19 heavy (non-hydrogen) atoms. The molecule has 0 aromatic rings. The number of hydrogen-bond donors (Lipinski definition) is 0. The van der Waals surface area contributed by atoms with Gasteiger partial charge in [0.25, 0.3) is 0 Å². The SMILES string of the molecule is CC1(C)OB(C2=CCC3C=CC=CC3=C2)OC1(C)C. The Balaban J connectivity index is 1.83. The van der Waals surface area contributed by atoms with Crippen molar-refractivity contribution in [3.05, 3.63) is 47.5 Å². The fourth-order valence-corrected chi connectivity index (χ4v) is 2.63.